The molecule has 4 rings (SSSR count). The van der Waals surface area contributed by atoms with Gasteiger partial charge in [0.15, 0.2) is 0 Å². The molecule has 0 saturated carbocycles. The van der Waals surface area contributed by atoms with E-state index in [1.54, 1.807) is 5.01 Å². The highest BCUT2D eigenvalue weighted by Gasteiger charge is 2.35. The van der Waals surface area contributed by atoms with E-state index in [2.05, 4.69) is 30.9 Å². The van der Waals surface area contributed by atoms with Gasteiger partial charge in [-0.3, -0.25) is 9.69 Å². The average Bonchev–Trinajstić information content (AvgIpc) is 3.15. The van der Waals surface area contributed by atoms with Crippen molar-refractivity contribution in [2.24, 2.45) is 5.10 Å². The molecule has 152 valence electrons. The quantitative estimate of drug-likeness (QED) is 0.695. The molecule has 0 aliphatic carbocycles. The first-order valence-corrected chi connectivity index (χ1v) is 10.9. The van der Waals surface area contributed by atoms with Gasteiger partial charge in [0.05, 0.1) is 18.3 Å². The molecule has 29 heavy (non-hydrogen) atoms. The molecule has 1 amide bonds. The third-order valence-corrected chi connectivity index (χ3v) is 6.51. The Morgan fingerprint density at radius 2 is 1.90 bits per heavy atom. The van der Waals surface area contributed by atoms with Crippen LogP contribution in [-0.2, 0) is 4.79 Å². The minimum Gasteiger partial charge on any atom is -0.292 e. The highest BCUT2D eigenvalue weighted by Crippen LogP contribution is 2.36. The van der Waals surface area contributed by atoms with Gasteiger partial charge in [-0.05, 0) is 50.4 Å². The molecule has 2 aromatic rings. The highest BCUT2D eigenvalue weighted by atomic mass is 35.5. The minimum absolute atomic E-state index is 0.0639. The third-order valence-electron chi connectivity index (χ3n) is 6.18. The van der Waals surface area contributed by atoms with E-state index in [1.807, 2.05) is 36.4 Å². The average molecular weight is 410 g/mol. The van der Waals surface area contributed by atoms with Crippen molar-refractivity contribution in [1.29, 1.82) is 0 Å². The van der Waals surface area contributed by atoms with E-state index in [0.29, 0.717) is 24.0 Å². The predicted octanol–water partition coefficient (Wildman–Crippen LogP) is 5.20. The first-order valence-electron chi connectivity index (χ1n) is 10.5. The van der Waals surface area contributed by atoms with Gasteiger partial charge < -0.3 is 0 Å². The van der Waals surface area contributed by atoms with Gasteiger partial charge in [0.25, 0.3) is 5.91 Å². The molecular weight excluding hydrogens is 382 g/mol. The number of amides is 1. The van der Waals surface area contributed by atoms with Crippen molar-refractivity contribution in [2.45, 2.75) is 51.6 Å². The molecule has 2 heterocycles. The standard InChI is InChI=1S/C24H28ClN3O/c1-17-9-3-4-11-19(17)23-15-22(20-12-5-6-13-21(20)25)26-28(23)24(29)16-27-14-8-7-10-18(27)2/h3-6,9,11-13,18,23H,7-8,10,14-16H2,1-2H3. The Kier molecular flexibility index (Phi) is 6.02. The number of likely N-dealkylation sites (tertiary alicyclic amines) is 1. The summed E-state index contributed by atoms with van der Waals surface area (Å²) in [5.74, 6) is 0.0639. The number of aryl methyl sites for hydroxylation is 1. The van der Waals surface area contributed by atoms with Crippen molar-refractivity contribution in [3.63, 3.8) is 0 Å². The van der Waals surface area contributed by atoms with Crippen LogP contribution in [0.1, 0.15) is 55.3 Å². The SMILES string of the molecule is Cc1ccccc1C1CC(c2ccccc2Cl)=NN1C(=O)CN1CCCCC1C. The summed E-state index contributed by atoms with van der Waals surface area (Å²) in [5, 5.41) is 7.18. The number of piperidine rings is 1. The van der Waals surface area contributed by atoms with Gasteiger partial charge in [-0.15, -0.1) is 0 Å². The number of hydrogen-bond acceptors (Lipinski definition) is 3. The lowest BCUT2D eigenvalue weighted by atomic mass is 9.95. The molecule has 0 spiro atoms. The number of benzene rings is 2. The fraction of sp³-hybridized carbons (Fsp3) is 0.417. The lowest BCUT2D eigenvalue weighted by Gasteiger charge is -2.34. The van der Waals surface area contributed by atoms with Gasteiger partial charge in [0, 0.05) is 23.0 Å². The van der Waals surface area contributed by atoms with Gasteiger partial charge in [0.1, 0.15) is 0 Å². The number of hydrogen-bond donors (Lipinski definition) is 0. The van der Waals surface area contributed by atoms with Crippen LogP contribution in [0.2, 0.25) is 5.02 Å². The summed E-state index contributed by atoms with van der Waals surface area (Å²) < 4.78 is 0. The predicted molar refractivity (Wildman–Crippen MR) is 118 cm³/mol. The molecule has 0 radical (unpaired) electrons. The summed E-state index contributed by atoms with van der Waals surface area (Å²) in [5.41, 5.74) is 4.12. The molecule has 2 aliphatic heterocycles. The zero-order valence-corrected chi connectivity index (χ0v) is 17.9. The van der Waals surface area contributed by atoms with Gasteiger partial charge in [0.2, 0.25) is 0 Å². The number of rotatable bonds is 4. The molecule has 1 fully saturated rings. The normalized spacial score (nSPS) is 22.6. The Balaban J connectivity index is 1.65. The van der Waals surface area contributed by atoms with E-state index in [9.17, 15) is 4.79 Å². The van der Waals surface area contributed by atoms with Crippen LogP contribution in [0.15, 0.2) is 53.6 Å². The monoisotopic (exact) mass is 409 g/mol. The van der Waals surface area contributed by atoms with Crippen LogP contribution in [0, 0.1) is 6.92 Å². The van der Waals surface area contributed by atoms with Crippen LogP contribution in [-0.4, -0.2) is 40.7 Å². The summed E-state index contributed by atoms with van der Waals surface area (Å²) in [6, 6.07) is 16.4. The van der Waals surface area contributed by atoms with E-state index in [-0.39, 0.29) is 11.9 Å². The second kappa shape index (κ2) is 8.68. The van der Waals surface area contributed by atoms with Crippen molar-refractivity contribution < 1.29 is 4.79 Å². The van der Waals surface area contributed by atoms with Crippen molar-refractivity contribution in [3.05, 3.63) is 70.2 Å². The maximum atomic E-state index is 13.4. The molecule has 2 aromatic carbocycles. The fourth-order valence-electron chi connectivity index (χ4n) is 4.44. The molecule has 2 atom stereocenters. The first-order chi connectivity index (χ1) is 14.0. The summed E-state index contributed by atoms with van der Waals surface area (Å²) in [4.78, 5) is 15.7. The fourth-order valence-corrected chi connectivity index (χ4v) is 4.68. The summed E-state index contributed by atoms with van der Waals surface area (Å²) in [6.07, 6.45) is 4.24. The van der Waals surface area contributed by atoms with Gasteiger partial charge >= 0.3 is 0 Å². The smallest absolute Gasteiger partial charge is 0.257 e. The van der Waals surface area contributed by atoms with Crippen molar-refractivity contribution >= 4 is 23.2 Å². The number of nitrogens with zero attached hydrogens (tertiary/aromatic N) is 3. The van der Waals surface area contributed by atoms with Crippen LogP contribution in [0.25, 0.3) is 0 Å². The molecular formula is C24H28ClN3O. The highest BCUT2D eigenvalue weighted by molar-refractivity contribution is 6.34. The second-order valence-electron chi connectivity index (χ2n) is 8.16. The molecule has 0 aromatic heterocycles. The lowest BCUT2D eigenvalue weighted by Crippen LogP contribution is -2.44. The molecule has 2 unspecified atom stereocenters. The molecule has 5 heteroatoms. The number of carbonyl (C=O) groups is 1. The Morgan fingerprint density at radius 3 is 2.66 bits per heavy atom. The second-order valence-corrected chi connectivity index (χ2v) is 8.56. The zero-order chi connectivity index (χ0) is 20.4. The lowest BCUT2D eigenvalue weighted by molar-refractivity contribution is -0.135. The third kappa shape index (κ3) is 4.24. The molecule has 0 N–H and O–H groups in total. The van der Waals surface area contributed by atoms with E-state index in [4.69, 9.17) is 16.7 Å². The Bertz CT molecular complexity index is 926. The molecule has 1 saturated heterocycles. The van der Waals surface area contributed by atoms with Crippen LogP contribution < -0.4 is 0 Å². The number of carbonyl (C=O) groups excluding carboxylic acids is 1. The minimum atomic E-state index is -0.0879. The van der Waals surface area contributed by atoms with Crippen LogP contribution in [0.5, 0.6) is 0 Å². The number of hydrazone groups is 1. The van der Waals surface area contributed by atoms with Crippen LogP contribution in [0.3, 0.4) is 0 Å². The van der Waals surface area contributed by atoms with Crippen molar-refractivity contribution in [1.82, 2.24) is 9.91 Å². The van der Waals surface area contributed by atoms with E-state index in [0.717, 1.165) is 36.2 Å². The van der Waals surface area contributed by atoms with E-state index >= 15 is 0 Å². The van der Waals surface area contributed by atoms with Crippen LogP contribution >= 0.6 is 11.6 Å². The van der Waals surface area contributed by atoms with Crippen LogP contribution in [0.4, 0.5) is 0 Å². The molecule has 2 aliphatic rings. The Labute approximate surface area is 178 Å². The first kappa shape index (κ1) is 20.1. The van der Waals surface area contributed by atoms with Gasteiger partial charge in [-0.25, -0.2) is 5.01 Å². The van der Waals surface area contributed by atoms with E-state index in [1.165, 1.54) is 12.0 Å². The topological polar surface area (TPSA) is 35.9 Å². The Hall–Kier alpha value is -2.17. The molecule has 4 nitrogen and oxygen atoms in total. The van der Waals surface area contributed by atoms with E-state index < -0.39 is 0 Å². The summed E-state index contributed by atoms with van der Waals surface area (Å²) in [6.45, 7) is 5.71. The Morgan fingerprint density at radius 1 is 1.14 bits per heavy atom. The summed E-state index contributed by atoms with van der Waals surface area (Å²) in [7, 11) is 0. The van der Waals surface area contributed by atoms with Crippen molar-refractivity contribution in [3.8, 4) is 0 Å². The van der Waals surface area contributed by atoms with Crippen molar-refractivity contribution in [2.75, 3.05) is 13.1 Å². The summed E-state index contributed by atoms with van der Waals surface area (Å²) >= 11 is 6.44. The number of halogens is 1. The maximum absolute atomic E-state index is 13.4. The zero-order valence-electron chi connectivity index (χ0n) is 17.1. The van der Waals surface area contributed by atoms with Gasteiger partial charge in [-0.2, -0.15) is 5.10 Å². The molecule has 0 bridgehead atoms. The maximum Gasteiger partial charge on any atom is 0.257 e. The largest absolute Gasteiger partial charge is 0.292 e. The van der Waals surface area contributed by atoms with Gasteiger partial charge in [-0.1, -0.05) is 60.5 Å².